The number of carbonyl (C=O) groups excluding carboxylic acids is 1. The normalized spacial score (nSPS) is 13.8. The molecule has 2 aromatic carbocycles. The van der Waals surface area contributed by atoms with Crippen LogP contribution >= 0.6 is 0 Å². The number of ether oxygens (including phenoxy) is 1. The number of aromatic nitrogens is 1. The van der Waals surface area contributed by atoms with Gasteiger partial charge in [0, 0.05) is 43.8 Å². The minimum absolute atomic E-state index is 0.0371. The van der Waals surface area contributed by atoms with Crippen LogP contribution < -0.4 is 0 Å². The molecular weight excluding hydrogens is 343 g/mol. The van der Waals surface area contributed by atoms with Gasteiger partial charge in [-0.2, -0.15) is 0 Å². The number of carbonyl (C=O) groups is 1. The lowest BCUT2D eigenvalue weighted by Crippen LogP contribution is -2.32. The van der Waals surface area contributed by atoms with Gasteiger partial charge in [0.1, 0.15) is 5.82 Å². The van der Waals surface area contributed by atoms with Crippen molar-refractivity contribution in [3.63, 3.8) is 0 Å². The molecule has 0 saturated carbocycles. The Kier molecular flexibility index (Phi) is 4.94. The van der Waals surface area contributed by atoms with Crippen molar-refractivity contribution in [1.82, 2.24) is 9.47 Å². The summed E-state index contributed by atoms with van der Waals surface area (Å²) >= 11 is 0. The molecule has 2 heterocycles. The number of amides is 1. The third kappa shape index (κ3) is 3.60. The summed E-state index contributed by atoms with van der Waals surface area (Å²) < 4.78 is 20.9. The summed E-state index contributed by atoms with van der Waals surface area (Å²) in [6, 6.07) is 12.6. The summed E-state index contributed by atoms with van der Waals surface area (Å²) in [6.07, 6.45) is 3.24. The lowest BCUT2D eigenvalue weighted by molar-refractivity contribution is -0.131. The van der Waals surface area contributed by atoms with Crippen molar-refractivity contribution in [2.24, 2.45) is 0 Å². The number of nitrogens with zero attached hydrogens (tertiary/aromatic N) is 2. The molecular formula is C22H23FN2O2. The van der Waals surface area contributed by atoms with Gasteiger partial charge >= 0.3 is 0 Å². The molecule has 0 atom stereocenters. The molecule has 0 spiro atoms. The molecule has 1 aliphatic rings. The summed E-state index contributed by atoms with van der Waals surface area (Å²) in [5.74, 6) is -0.267. The first-order chi connectivity index (χ1) is 13.2. The fraction of sp³-hybridized carbons (Fsp3) is 0.318. The van der Waals surface area contributed by atoms with E-state index in [2.05, 4.69) is 22.9 Å². The van der Waals surface area contributed by atoms with Gasteiger partial charge in [0.25, 0.3) is 0 Å². The molecule has 3 aromatic rings. The van der Waals surface area contributed by atoms with E-state index in [9.17, 15) is 9.18 Å². The molecule has 1 amide bonds. The molecule has 0 bridgehead atoms. The molecule has 4 nitrogen and oxygen atoms in total. The summed E-state index contributed by atoms with van der Waals surface area (Å²) in [5, 5.41) is 1.26. The Morgan fingerprint density at radius 1 is 1.19 bits per heavy atom. The molecule has 0 unspecified atom stereocenters. The Hall–Kier alpha value is -2.66. The van der Waals surface area contributed by atoms with E-state index in [1.54, 1.807) is 19.2 Å². The monoisotopic (exact) mass is 366 g/mol. The number of methoxy groups -OCH3 is 1. The highest BCUT2D eigenvalue weighted by Crippen LogP contribution is 2.29. The van der Waals surface area contributed by atoms with Crippen LogP contribution in [0.5, 0.6) is 0 Å². The molecule has 140 valence electrons. The van der Waals surface area contributed by atoms with Gasteiger partial charge in [0.05, 0.1) is 13.0 Å². The van der Waals surface area contributed by atoms with Crippen molar-refractivity contribution in [3.8, 4) is 0 Å². The van der Waals surface area contributed by atoms with Gasteiger partial charge in [-0.05, 0) is 41.3 Å². The van der Waals surface area contributed by atoms with Gasteiger partial charge in [-0.1, -0.05) is 24.3 Å². The maximum atomic E-state index is 13.4. The minimum atomic E-state index is -0.304. The number of benzene rings is 2. The van der Waals surface area contributed by atoms with Gasteiger partial charge in [-0.3, -0.25) is 4.79 Å². The highest BCUT2D eigenvalue weighted by molar-refractivity contribution is 5.89. The first kappa shape index (κ1) is 17.7. The Balaban J connectivity index is 1.58. The van der Waals surface area contributed by atoms with E-state index in [-0.39, 0.29) is 18.1 Å². The Labute approximate surface area is 158 Å². The maximum Gasteiger partial charge on any atom is 0.227 e. The van der Waals surface area contributed by atoms with Crippen LogP contribution in [0.1, 0.15) is 16.7 Å². The largest absolute Gasteiger partial charge is 0.383 e. The van der Waals surface area contributed by atoms with Crippen LogP contribution in [0.25, 0.3) is 10.9 Å². The number of hydrogen-bond acceptors (Lipinski definition) is 2. The van der Waals surface area contributed by atoms with Gasteiger partial charge in [0.2, 0.25) is 5.91 Å². The summed E-state index contributed by atoms with van der Waals surface area (Å²) in [4.78, 5) is 14.7. The predicted octanol–water partition coefficient (Wildman–Crippen LogP) is 3.55. The number of halogens is 1. The van der Waals surface area contributed by atoms with Gasteiger partial charge in [0.15, 0.2) is 0 Å². The second kappa shape index (κ2) is 7.53. The first-order valence-electron chi connectivity index (χ1n) is 9.26. The zero-order valence-corrected chi connectivity index (χ0v) is 15.5. The predicted molar refractivity (Wildman–Crippen MR) is 103 cm³/mol. The van der Waals surface area contributed by atoms with Crippen LogP contribution in [0.3, 0.4) is 0 Å². The average Bonchev–Trinajstić information content (AvgIpc) is 2.90. The van der Waals surface area contributed by atoms with E-state index in [0.29, 0.717) is 25.3 Å². The molecule has 4 rings (SSSR count). The van der Waals surface area contributed by atoms with Crippen molar-refractivity contribution in [2.75, 3.05) is 20.3 Å². The summed E-state index contributed by atoms with van der Waals surface area (Å²) in [7, 11) is 1.71. The zero-order chi connectivity index (χ0) is 18.8. The molecule has 5 heteroatoms. The van der Waals surface area contributed by atoms with E-state index in [1.165, 1.54) is 34.2 Å². The molecule has 0 aliphatic carbocycles. The van der Waals surface area contributed by atoms with Gasteiger partial charge < -0.3 is 14.2 Å². The second-order valence-electron chi connectivity index (χ2n) is 7.02. The standard InChI is InChI=1S/C22H23FN2O2/c1-27-11-10-24-14-18-8-9-25(15-17-5-3-7-20(24)22(17)18)21(26)13-16-4-2-6-19(23)12-16/h2-7,12,14H,8-11,13,15H2,1H3. The van der Waals surface area contributed by atoms with Crippen LogP contribution in [-0.4, -0.2) is 35.6 Å². The van der Waals surface area contributed by atoms with Crippen LogP contribution in [0.15, 0.2) is 48.7 Å². The quantitative estimate of drug-likeness (QED) is 0.692. The van der Waals surface area contributed by atoms with E-state index in [4.69, 9.17) is 4.74 Å². The minimum Gasteiger partial charge on any atom is -0.383 e. The van der Waals surface area contributed by atoms with Crippen LogP contribution in [0.2, 0.25) is 0 Å². The molecule has 0 N–H and O–H groups in total. The van der Waals surface area contributed by atoms with Crippen molar-refractivity contribution < 1.29 is 13.9 Å². The fourth-order valence-electron chi connectivity index (χ4n) is 3.90. The number of hydrogen-bond donors (Lipinski definition) is 0. The lowest BCUT2D eigenvalue weighted by Gasteiger charge is -2.21. The van der Waals surface area contributed by atoms with E-state index < -0.39 is 0 Å². The molecule has 27 heavy (non-hydrogen) atoms. The average molecular weight is 366 g/mol. The van der Waals surface area contributed by atoms with Crippen LogP contribution in [0, 0.1) is 5.82 Å². The van der Waals surface area contributed by atoms with Crippen molar-refractivity contribution in [2.45, 2.75) is 25.9 Å². The maximum absolute atomic E-state index is 13.4. The second-order valence-corrected chi connectivity index (χ2v) is 7.02. The van der Waals surface area contributed by atoms with E-state index in [0.717, 1.165) is 13.0 Å². The Morgan fingerprint density at radius 3 is 2.85 bits per heavy atom. The Bertz CT molecular complexity index is 980. The van der Waals surface area contributed by atoms with Crippen LogP contribution in [-0.2, 0) is 35.5 Å². The van der Waals surface area contributed by atoms with Crippen LogP contribution in [0.4, 0.5) is 4.39 Å². The molecule has 1 aliphatic heterocycles. The topological polar surface area (TPSA) is 34.5 Å². The van der Waals surface area contributed by atoms with Crippen molar-refractivity contribution in [1.29, 1.82) is 0 Å². The first-order valence-corrected chi connectivity index (χ1v) is 9.26. The SMILES string of the molecule is COCCn1cc2c3c(cccc31)CN(C(=O)Cc1cccc(F)c1)CC2. The number of rotatable bonds is 5. The molecule has 0 fully saturated rings. The summed E-state index contributed by atoms with van der Waals surface area (Å²) in [6.45, 7) is 2.75. The van der Waals surface area contributed by atoms with Gasteiger partial charge in [-0.25, -0.2) is 4.39 Å². The fourth-order valence-corrected chi connectivity index (χ4v) is 3.90. The highest BCUT2D eigenvalue weighted by atomic mass is 19.1. The third-order valence-corrected chi connectivity index (χ3v) is 5.22. The molecule has 1 aromatic heterocycles. The van der Waals surface area contributed by atoms with Gasteiger partial charge in [-0.15, -0.1) is 0 Å². The highest BCUT2D eigenvalue weighted by Gasteiger charge is 2.22. The van der Waals surface area contributed by atoms with E-state index in [1.807, 2.05) is 11.0 Å². The zero-order valence-electron chi connectivity index (χ0n) is 15.5. The summed E-state index contributed by atoms with van der Waals surface area (Å²) in [5.41, 5.74) is 4.35. The molecule has 0 radical (unpaired) electrons. The lowest BCUT2D eigenvalue weighted by atomic mass is 10.1. The molecule has 0 saturated heterocycles. The van der Waals surface area contributed by atoms with E-state index >= 15 is 0 Å². The van der Waals surface area contributed by atoms with Crippen molar-refractivity contribution >= 4 is 16.8 Å². The third-order valence-electron chi connectivity index (χ3n) is 5.22. The Morgan fingerprint density at radius 2 is 2.04 bits per heavy atom. The van der Waals surface area contributed by atoms with Crippen molar-refractivity contribution in [3.05, 3.63) is 71.2 Å². The smallest absolute Gasteiger partial charge is 0.227 e.